The van der Waals surface area contributed by atoms with Crippen molar-refractivity contribution in [2.45, 2.75) is 57.0 Å². The van der Waals surface area contributed by atoms with Crippen molar-refractivity contribution >= 4 is 10.0 Å². The molecule has 1 aliphatic carbocycles. The Morgan fingerprint density at radius 3 is 2.33 bits per heavy atom. The highest BCUT2D eigenvalue weighted by molar-refractivity contribution is 7.89. The van der Waals surface area contributed by atoms with Gasteiger partial charge in [-0.1, -0.05) is 32.9 Å². The number of hydrogen-bond acceptors (Lipinski definition) is 3. The summed E-state index contributed by atoms with van der Waals surface area (Å²) in [5, 5.41) is 3.35. The number of nitrogens with one attached hydrogen (secondary N) is 2. The lowest BCUT2D eigenvalue weighted by molar-refractivity contribution is 0.270. The molecule has 2 rings (SSSR count). The van der Waals surface area contributed by atoms with Crippen LogP contribution in [0.5, 0.6) is 0 Å². The van der Waals surface area contributed by atoms with Crippen LogP contribution in [0.2, 0.25) is 0 Å². The third-order valence-electron chi connectivity index (χ3n) is 3.90. The molecule has 1 fully saturated rings. The molecule has 5 heteroatoms. The molecule has 0 spiro atoms. The third kappa shape index (κ3) is 4.80. The summed E-state index contributed by atoms with van der Waals surface area (Å²) in [6, 6.07) is 7.79. The third-order valence-corrected chi connectivity index (χ3v) is 5.43. The average Bonchev–Trinajstić information content (AvgIpc) is 2.37. The van der Waals surface area contributed by atoms with E-state index in [1.165, 1.54) is 0 Å². The van der Waals surface area contributed by atoms with Crippen molar-refractivity contribution in [3.05, 3.63) is 29.8 Å². The van der Waals surface area contributed by atoms with Crippen molar-refractivity contribution in [2.24, 2.45) is 5.92 Å². The van der Waals surface area contributed by atoms with E-state index in [9.17, 15) is 8.42 Å². The highest BCUT2D eigenvalue weighted by Gasteiger charge is 2.29. The van der Waals surface area contributed by atoms with Gasteiger partial charge >= 0.3 is 0 Å². The zero-order valence-electron chi connectivity index (χ0n) is 13.1. The smallest absolute Gasteiger partial charge is 0.240 e. The molecule has 0 aromatic heterocycles. The summed E-state index contributed by atoms with van der Waals surface area (Å²) in [6.45, 7) is 7.28. The Bertz CT molecular complexity index is 546. The second kappa shape index (κ2) is 6.90. The van der Waals surface area contributed by atoms with Crippen molar-refractivity contribution in [1.82, 2.24) is 10.0 Å². The molecular weight excluding hydrogens is 284 g/mol. The maximum absolute atomic E-state index is 12.2. The van der Waals surface area contributed by atoms with E-state index in [1.807, 2.05) is 12.1 Å². The second-order valence-corrected chi connectivity index (χ2v) is 8.11. The topological polar surface area (TPSA) is 58.2 Å². The summed E-state index contributed by atoms with van der Waals surface area (Å²) in [7, 11) is -3.36. The van der Waals surface area contributed by atoms with E-state index in [4.69, 9.17) is 0 Å². The minimum absolute atomic E-state index is 0.111. The van der Waals surface area contributed by atoms with E-state index in [1.54, 1.807) is 12.1 Å². The van der Waals surface area contributed by atoms with Crippen LogP contribution in [0.25, 0.3) is 0 Å². The first-order valence-corrected chi connectivity index (χ1v) is 9.20. The van der Waals surface area contributed by atoms with E-state index >= 15 is 0 Å². The standard InChI is InChI=1S/C16H26N2O2S/c1-12(2)17-9-8-14-4-6-16(7-5-14)21(19,20)18-15-10-13(3)11-15/h4-7,12-13,15,17-18H,8-11H2,1-3H3. The minimum Gasteiger partial charge on any atom is -0.314 e. The molecule has 0 atom stereocenters. The van der Waals surface area contributed by atoms with Gasteiger partial charge < -0.3 is 5.32 Å². The van der Waals surface area contributed by atoms with Gasteiger partial charge in [0.2, 0.25) is 10.0 Å². The quantitative estimate of drug-likeness (QED) is 0.812. The summed E-state index contributed by atoms with van der Waals surface area (Å²) in [4.78, 5) is 0.364. The molecule has 0 amide bonds. The van der Waals surface area contributed by atoms with Crippen LogP contribution in [0.15, 0.2) is 29.2 Å². The first-order chi connectivity index (χ1) is 9.87. The maximum atomic E-state index is 12.2. The van der Waals surface area contributed by atoms with E-state index in [2.05, 4.69) is 30.8 Å². The van der Waals surface area contributed by atoms with Crippen LogP contribution in [-0.4, -0.2) is 27.0 Å². The van der Waals surface area contributed by atoms with E-state index in [0.717, 1.165) is 31.4 Å². The van der Waals surface area contributed by atoms with Crippen LogP contribution in [0.3, 0.4) is 0 Å². The predicted molar refractivity (Wildman–Crippen MR) is 85.8 cm³/mol. The Balaban J connectivity index is 1.91. The molecule has 118 valence electrons. The number of rotatable bonds is 7. The van der Waals surface area contributed by atoms with Crippen molar-refractivity contribution < 1.29 is 8.42 Å². The van der Waals surface area contributed by atoms with Gasteiger partial charge in [0.25, 0.3) is 0 Å². The molecule has 21 heavy (non-hydrogen) atoms. The molecule has 1 aromatic carbocycles. The molecule has 1 saturated carbocycles. The molecule has 0 aliphatic heterocycles. The maximum Gasteiger partial charge on any atom is 0.240 e. The molecule has 0 saturated heterocycles. The van der Waals surface area contributed by atoms with E-state index < -0.39 is 10.0 Å². The SMILES string of the molecule is CC1CC(NS(=O)(=O)c2ccc(CCNC(C)C)cc2)C1. The van der Waals surface area contributed by atoms with Gasteiger partial charge in [-0.2, -0.15) is 0 Å². The summed E-state index contributed by atoms with van der Waals surface area (Å²) >= 11 is 0. The molecule has 1 aliphatic rings. The largest absolute Gasteiger partial charge is 0.314 e. The molecule has 1 aromatic rings. The molecular formula is C16H26N2O2S. The average molecular weight is 310 g/mol. The molecule has 2 N–H and O–H groups in total. The Morgan fingerprint density at radius 2 is 1.81 bits per heavy atom. The lowest BCUT2D eigenvalue weighted by Crippen LogP contribution is -2.43. The minimum atomic E-state index is -3.36. The van der Waals surface area contributed by atoms with Gasteiger partial charge in [0.1, 0.15) is 0 Å². The predicted octanol–water partition coefficient (Wildman–Crippen LogP) is 2.30. The van der Waals surface area contributed by atoms with Crippen LogP contribution < -0.4 is 10.0 Å². The zero-order valence-corrected chi connectivity index (χ0v) is 13.9. The van der Waals surface area contributed by atoms with Gasteiger partial charge in [-0.3, -0.25) is 0 Å². The van der Waals surface area contributed by atoms with Gasteiger partial charge in [-0.15, -0.1) is 0 Å². The van der Waals surface area contributed by atoms with Crippen molar-refractivity contribution in [3.63, 3.8) is 0 Å². The lowest BCUT2D eigenvalue weighted by atomic mass is 9.83. The Kier molecular flexibility index (Phi) is 5.41. The Morgan fingerprint density at radius 1 is 1.19 bits per heavy atom. The Hall–Kier alpha value is -0.910. The van der Waals surface area contributed by atoms with Crippen LogP contribution in [0.4, 0.5) is 0 Å². The van der Waals surface area contributed by atoms with Gasteiger partial charge in [-0.05, 0) is 49.4 Å². The van der Waals surface area contributed by atoms with Crippen LogP contribution in [-0.2, 0) is 16.4 Å². The molecule has 0 heterocycles. The fraction of sp³-hybridized carbons (Fsp3) is 0.625. The fourth-order valence-electron chi connectivity index (χ4n) is 2.63. The van der Waals surface area contributed by atoms with Crippen molar-refractivity contribution in [3.8, 4) is 0 Å². The van der Waals surface area contributed by atoms with Gasteiger partial charge in [0, 0.05) is 12.1 Å². The molecule has 0 bridgehead atoms. The van der Waals surface area contributed by atoms with E-state index in [0.29, 0.717) is 16.9 Å². The zero-order chi connectivity index (χ0) is 15.5. The van der Waals surface area contributed by atoms with Gasteiger partial charge in [0.05, 0.1) is 4.90 Å². The Labute approximate surface area is 128 Å². The summed E-state index contributed by atoms with van der Waals surface area (Å²) in [5.74, 6) is 0.633. The normalized spacial score (nSPS) is 22.3. The van der Waals surface area contributed by atoms with Crippen molar-refractivity contribution in [2.75, 3.05) is 6.54 Å². The molecule has 4 nitrogen and oxygen atoms in total. The molecule has 0 radical (unpaired) electrons. The second-order valence-electron chi connectivity index (χ2n) is 6.40. The van der Waals surface area contributed by atoms with Crippen molar-refractivity contribution in [1.29, 1.82) is 0 Å². The van der Waals surface area contributed by atoms with Gasteiger partial charge in [-0.25, -0.2) is 13.1 Å². The summed E-state index contributed by atoms with van der Waals surface area (Å²) in [6.07, 6.45) is 2.79. The lowest BCUT2D eigenvalue weighted by Gasteiger charge is -2.32. The first-order valence-electron chi connectivity index (χ1n) is 7.71. The first kappa shape index (κ1) is 16.5. The highest BCUT2D eigenvalue weighted by Crippen LogP contribution is 2.27. The monoisotopic (exact) mass is 310 g/mol. The number of benzene rings is 1. The number of sulfonamides is 1. The van der Waals surface area contributed by atoms with Crippen LogP contribution in [0, 0.1) is 5.92 Å². The number of hydrogen-bond donors (Lipinski definition) is 2. The fourth-order valence-corrected chi connectivity index (χ4v) is 3.89. The van der Waals surface area contributed by atoms with Crippen LogP contribution >= 0.6 is 0 Å². The van der Waals surface area contributed by atoms with Crippen LogP contribution in [0.1, 0.15) is 39.2 Å². The van der Waals surface area contributed by atoms with E-state index in [-0.39, 0.29) is 6.04 Å². The summed E-state index contributed by atoms with van der Waals surface area (Å²) in [5.41, 5.74) is 1.15. The van der Waals surface area contributed by atoms with Gasteiger partial charge in [0.15, 0.2) is 0 Å². The molecule has 0 unspecified atom stereocenters. The summed E-state index contributed by atoms with van der Waals surface area (Å²) < 4.78 is 27.2. The highest BCUT2D eigenvalue weighted by atomic mass is 32.2.